The van der Waals surface area contributed by atoms with Gasteiger partial charge in [-0.25, -0.2) is 4.98 Å². The molecule has 0 amide bonds. The number of hydrogen-bond acceptors (Lipinski definition) is 3. The predicted molar refractivity (Wildman–Crippen MR) is 51.9 cm³/mol. The van der Waals surface area contributed by atoms with Gasteiger partial charge in [0.25, 0.3) is 0 Å². The number of ketones is 1. The number of carbonyl (C=O) groups excluding carboxylic acids is 1. The summed E-state index contributed by atoms with van der Waals surface area (Å²) in [6, 6.07) is 6.40. The Balaban J connectivity index is 2.42. The van der Waals surface area contributed by atoms with Gasteiger partial charge < -0.3 is 0 Å². The normalized spacial score (nSPS) is 10.1. The Bertz CT molecular complexity index is 453. The van der Waals surface area contributed by atoms with E-state index in [-0.39, 0.29) is 11.3 Å². The highest BCUT2D eigenvalue weighted by Crippen LogP contribution is 2.15. The van der Waals surface area contributed by atoms with E-state index in [0.717, 1.165) is 0 Å². The van der Waals surface area contributed by atoms with Crippen molar-refractivity contribution in [2.24, 2.45) is 0 Å². The van der Waals surface area contributed by atoms with Crippen LogP contribution in [0.3, 0.4) is 0 Å². The zero-order chi connectivity index (χ0) is 9.97. The van der Waals surface area contributed by atoms with Crippen LogP contribution in [0.5, 0.6) is 0 Å². The number of pyridine rings is 1. The Morgan fingerprint density at radius 3 is 2.86 bits per heavy atom. The molecule has 0 N–H and O–H groups in total. The van der Waals surface area contributed by atoms with E-state index in [9.17, 15) is 9.18 Å². The SMILES string of the molecule is O=C(c1cccs1)c1cccnc1F. The van der Waals surface area contributed by atoms with E-state index in [4.69, 9.17) is 0 Å². The molecule has 2 aromatic rings. The summed E-state index contributed by atoms with van der Waals surface area (Å²) in [4.78, 5) is 15.6. The molecule has 0 radical (unpaired) electrons. The summed E-state index contributed by atoms with van der Waals surface area (Å²) in [6.07, 6.45) is 1.32. The Kier molecular flexibility index (Phi) is 2.37. The third kappa shape index (κ3) is 1.56. The smallest absolute Gasteiger partial charge is 0.224 e. The maximum atomic E-state index is 13.1. The fourth-order valence-corrected chi connectivity index (χ4v) is 1.77. The minimum absolute atomic E-state index is 0.0231. The van der Waals surface area contributed by atoms with Gasteiger partial charge in [0.05, 0.1) is 10.4 Å². The second kappa shape index (κ2) is 3.67. The fraction of sp³-hybridized carbons (Fsp3) is 0. The zero-order valence-electron chi connectivity index (χ0n) is 7.11. The molecule has 70 valence electrons. The molecule has 4 heteroatoms. The molecule has 0 unspecified atom stereocenters. The highest BCUT2D eigenvalue weighted by atomic mass is 32.1. The van der Waals surface area contributed by atoms with Crippen LogP contribution in [0.15, 0.2) is 35.8 Å². The number of halogens is 1. The standard InChI is InChI=1S/C10H6FNOS/c11-10-7(3-1-5-12-10)9(13)8-4-2-6-14-8/h1-6H. The third-order valence-electron chi connectivity index (χ3n) is 1.75. The lowest BCUT2D eigenvalue weighted by Gasteiger charge is -1.97. The molecule has 0 bridgehead atoms. The van der Waals surface area contributed by atoms with Crippen molar-refractivity contribution < 1.29 is 9.18 Å². The van der Waals surface area contributed by atoms with Crippen molar-refractivity contribution in [2.75, 3.05) is 0 Å². The minimum Gasteiger partial charge on any atom is -0.288 e. The zero-order valence-corrected chi connectivity index (χ0v) is 7.92. The van der Waals surface area contributed by atoms with Crippen molar-refractivity contribution in [2.45, 2.75) is 0 Å². The van der Waals surface area contributed by atoms with Crippen LogP contribution < -0.4 is 0 Å². The summed E-state index contributed by atoms with van der Waals surface area (Å²) < 4.78 is 13.1. The van der Waals surface area contributed by atoms with E-state index in [0.29, 0.717) is 4.88 Å². The molecule has 0 saturated heterocycles. The van der Waals surface area contributed by atoms with Crippen LogP contribution in [0.2, 0.25) is 0 Å². The largest absolute Gasteiger partial charge is 0.288 e. The molecule has 2 heterocycles. The highest BCUT2D eigenvalue weighted by molar-refractivity contribution is 7.12. The van der Waals surface area contributed by atoms with Crippen LogP contribution in [0.25, 0.3) is 0 Å². The average Bonchev–Trinajstić information content (AvgIpc) is 2.70. The van der Waals surface area contributed by atoms with Gasteiger partial charge in [0.1, 0.15) is 0 Å². The molecule has 0 aromatic carbocycles. The van der Waals surface area contributed by atoms with E-state index in [1.807, 2.05) is 0 Å². The Morgan fingerprint density at radius 2 is 2.21 bits per heavy atom. The minimum atomic E-state index is -0.717. The van der Waals surface area contributed by atoms with Crippen LogP contribution in [-0.4, -0.2) is 10.8 Å². The highest BCUT2D eigenvalue weighted by Gasteiger charge is 2.14. The summed E-state index contributed by atoms with van der Waals surface area (Å²) in [7, 11) is 0. The number of hydrogen-bond donors (Lipinski definition) is 0. The predicted octanol–water partition coefficient (Wildman–Crippen LogP) is 2.51. The van der Waals surface area contributed by atoms with Crippen LogP contribution >= 0.6 is 11.3 Å². The van der Waals surface area contributed by atoms with Crippen molar-refractivity contribution in [1.29, 1.82) is 0 Å². The first-order valence-electron chi connectivity index (χ1n) is 3.98. The lowest BCUT2D eigenvalue weighted by atomic mass is 10.1. The van der Waals surface area contributed by atoms with Gasteiger partial charge >= 0.3 is 0 Å². The molecule has 2 nitrogen and oxygen atoms in total. The van der Waals surface area contributed by atoms with Crippen molar-refractivity contribution in [3.05, 3.63) is 52.2 Å². The maximum Gasteiger partial charge on any atom is 0.224 e. The summed E-state index contributed by atoms with van der Waals surface area (Å²) >= 11 is 1.29. The monoisotopic (exact) mass is 207 g/mol. The second-order valence-corrected chi connectivity index (χ2v) is 3.60. The van der Waals surface area contributed by atoms with Crippen molar-refractivity contribution >= 4 is 17.1 Å². The number of carbonyl (C=O) groups is 1. The Hall–Kier alpha value is -1.55. The molecular weight excluding hydrogens is 201 g/mol. The van der Waals surface area contributed by atoms with Gasteiger partial charge in [-0.3, -0.25) is 4.79 Å². The summed E-state index contributed by atoms with van der Waals surface area (Å²) in [5, 5.41) is 1.78. The number of rotatable bonds is 2. The molecule has 0 aliphatic rings. The van der Waals surface area contributed by atoms with Crippen LogP contribution in [0.4, 0.5) is 4.39 Å². The maximum absolute atomic E-state index is 13.1. The number of thiophene rings is 1. The molecule has 0 atom stereocenters. The van der Waals surface area contributed by atoms with Gasteiger partial charge in [-0.15, -0.1) is 11.3 Å². The molecule has 0 saturated carbocycles. The average molecular weight is 207 g/mol. The first-order chi connectivity index (χ1) is 6.79. The molecule has 0 aliphatic heterocycles. The first kappa shape index (κ1) is 9.02. The summed E-state index contributed by atoms with van der Waals surface area (Å²) in [5.74, 6) is -1.03. The molecule has 2 rings (SSSR count). The van der Waals surface area contributed by atoms with Crippen LogP contribution in [-0.2, 0) is 0 Å². The second-order valence-electron chi connectivity index (χ2n) is 2.65. The van der Waals surface area contributed by atoms with Gasteiger partial charge in [0.15, 0.2) is 0 Å². The Labute approximate surface area is 84.0 Å². The number of aromatic nitrogens is 1. The van der Waals surface area contributed by atoms with Gasteiger partial charge in [-0.2, -0.15) is 4.39 Å². The van der Waals surface area contributed by atoms with Crippen molar-refractivity contribution in [3.63, 3.8) is 0 Å². The van der Waals surface area contributed by atoms with Gasteiger partial charge in [-0.1, -0.05) is 6.07 Å². The lowest BCUT2D eigenvalue weighted by Crippen LogP contribution is -2.03. The lowest BCUT2D eigenvalue weighted by molar-refractivity contribution is 0.103. The molecule has 0 spiro atoms. The van der Waals surface area contributed by atoms with Crippen LogP contribution in [0, 0.1) is 5.95 Å². The quantitative estimate of drug-likeness (QED) is 0.559. The van der Waals surface area contributed by atoms with Gasteiger partial charge in [0, 0.05) is 6.20 Å². The van der Waals surface area contributed by atoms with E-state index >= 15 is 0 Å². The number of nitrogens with zero attached hydrogens (tertiary/aromatic N) is 1. The van der Waals surface area contributed by atoms with Gasteiger partial charge in [-0.05, 0) is 23.6 Å². The molecule has 14 heavy (non-hydrogen) atoms. The van der Waals surface area contributed by atoms with E-state index in [1.165, 1.54) is 23.6 Å². The van der Waals surface area contributed by atoms with E-state index < -0.39 is 5.95 Å². The van der Waals surface area contributed by atoms with E-state index in [1.54, 1.807) is 23.6 Å². The van der Waals surface area contributed by atoms with Gasteiger partial charge in [0.2, 0.25) is 11.7 Å². The molecule has 0 fully saturated rings. The van der Waals surface area contributed by atoms with Crippen molar-refractivity contribution in [3.8, 4) is 0 Å². The van der Waals surface area contributed by atoms with E-state index in [2.05, 4.69) is 4.98 Å². The molecule has 2 aromatic heterocycles. The fourth-order valence-electron chi connectivity index (χ4n) is 1.10. The Morgan fingerprint density at radius 1 is 1.36 bits per heavy atom. The topological polar surface area (TPSA) is 30.0 Å². The summed E-state index contributed by atoms with van der Waals surface area (Å²) in [5.41, 5.74) is 0.0231. The summed E-state index contributed by atoms with van der Waals surface area (Å²) in [6.45, 7) is 0. The van der Waals surface area contributed by atoms with Crippen molar-refractivity contribution in [1.82, 2.24) is 4.98 Å². The third-order valence-corrected chi connectivity index (χ3v) is 2.62. The first-order valence-corrected chi connectivity index (χ1v) is 4.86. The molecular formula is C10H6FNOS. The van der Waals surface area contributed by atoms with Crippen LogP contribution in [0.1, 0.15) is 15.2 Å². The molecule has 0 aliphatic carbocycles.